The number of carbonyl (C=O) groups is 2. The quantitative estimate of drug-likeness (QED) is 0.816. The van der Waals surface area contributed by atoms with Gasteiger partial charge in [0.1, 0.15) is 5.69 Å². The highest BCUT2D eigenvalue weighted by Crippen LogP contribution is 2.27. The van der Waals surface area contributed by atoms with Crippen LogP contribution in [-0.4, -0.2) is 29.5 Å². The number of esters is 1. The van der Waals surface area contributed by atoms with E-state index in [0.717, 1.165) is 18.8 Å². The van der Waals surface area contributed by atoms with Crippen LogP contribution in [0, 0.1) is 19.8 Å². The number of aryl methyl sites for hydroxylation is 1. The van der Waals surface area contributed by atoms with Crippen molar-refractivity contribution >= 4 is 11.9 Å². The van der Waals surface area contributed by atoms with Crippen LogP contribution in [-0.2, 0) is 4.74 Å². The molecule has 1 heterocycles. The van der Waals surface area contributed by atoms with Crippen molar-refractivity contribution in [1.82, 2.24) is 10.3 Å². The van der Waals surface area contributed by atoms with E-state index >= 15 is 0 Å². The summed E-state index contributed by atoms with van der Waals surface area (Å²) in [6.07, 6.45) is 5.65. The van der Waals surface area contributed by atoms with Crippen molar-refractivity contribution in [3.63, 3.8) is 0 Å². The third-order valence-corrected chi connectivity index (χ3v) is 4.90. The van der Waals surface area contributed by atoms with Crippen LogP contribution in [0.25, 0.3) is 0 Å². The maximum atomic E-state index is 12.5. The van der Waals surface area contributed by atoms with Crippen LogP contribution in [0.15, 0.2) is 0 Å². The molecule has 2 N–H and O–H groups in total. The second-order valence-corrected chi connectivity index (χ2v) is 6.44. The molecule has 1 aliphatic carbocycles. The zero-order chi connectivity index (χ0) is 17.0. The van der Waals surface area contributed by atoms with E-state index in [2.05, 4.69) is 17.2 Å². The lowest BCUT2D eigenvalue weighted by molar-refractivity contribution is 0.0525. The molecule has 0 aromatic carbocycles. The monoisotopic (exact) mass is 320 g/mol. The van der Waals surface area contributed by atoms with E-state index in [9.17, 15) is 9.59 Å². The second kappa shape index (κ2) is 7.66. The molecule has 0 saturated heterocycles. The lowest BCUT2D eigenvalue weighted by atomic mass is 9.84. The lowest BCUT2D eigenvalue weighted by Crippen LogP contribution is -2.38. The number of amides is 1. The fourth-order valence-corrected chi connectivity index (χ4v) is 3.46. The summed E-state index contributed by atoms with van der Waals surface area (Å²) in [5, 5.41) is 3.11. The highest BCUT2D eigenvalue weighted by molar-refractivity contribution is 6.00. The molecule has 1 saturated carbocycles. The molecule has 128 valence electrons. The van der Waals surface area contributed by atoms with E-state index in [0.29, 0.717) is 29.1 Å². The normalized spacial score (nSPS) is 21.0. The lowest BCUT2D eigenvalue weighted by Gasteiger charge is -2.28. The van der Waals surface area contributed by atoms with Gasteiger partial charge in [0.25, 0.3) is 5.91 Å². The first-order valence-corrected chi connectivity index (χ1v) is 8.65. The predicted octanol–water partition coefficient (Wildman–Crippen LogP) is 3.51. The SMILES string of the molecule is CCOC(=O)c1c(C)[nH]c(C(=O)NC2CCC(CC)CC2)c1C. The van der Waals surface area contributed by atoms with Crippen molar-refractivity contribution in [2.45, 2.75) is 65.8 Å². The van der Waals surface area contributed by atoms with Crippen LogP contribution < -0.4 is 5.32 Å². The van der Waals surface area contributed by atoms with E-state index < -0.39 is 0 Å². The summed E-state index contributed by atoms with van der Waals surface area (Å²) in [5.74, 6) is 0.301. The highest BCUT2D eigenvalue weighted by atomic mass is 16.5. The van der Waals surface area contributed by atoms with Crippen LogP contribution in [0.5, 0.6) is 0 Å². The molecule has 1 aromatic rings. The number of aromatic amines is 1. The molecular weight excluding hydrogens is 292 g/mol. The highest BCUT2D eigenvalue weighted by Gasteiger charge is 2.26. The molecule has 5 nitrogen and oxygen atoms in total. The number of ether oxygens (including phenoxy) is 1. The average Bonchev–Trinajstić information content (AvgIpc) is 2.83. The zero-order valence-corrected chi connectivity index (χ0v) is 14.6. The van der Waals surface area contributed by atoms with Gasteiger partial charge in [-0.3, -0.25) is 4.79 Å². The summed E-state index contributed by atoms with van der Waals surface area (Å²) in [7, 11) is 0. The Morgan fingerprint density at radius 1 is 1.17 bits per heavy atom. The Morgan fingerprint density at radius 2 is 1.83 bits per heavy atom. The number of H-pyrrole nitrogens is 1. The van der Waals surface area contributed by atoms with Crippen molar-refractivity contribution in [1.29, 1.82) is 0 Å². The van der Waals surface area contributed by atoms with Crippen molar-refractivity contribution in [3.8, 4) is 0 Å². The van der Waals surface area contributed by atoms with Gasteiger partial charge in [-0.25, -0.2) is 4.79 Å². The van der Waals surface area contributed by atoms with Crippen LogP contribution in [0.1, 0.15) is 78.1 Å². The Kier molecular flexibility index (Phi) is 5.85. The van der Waals surface area contributed by atoms with Gasteiger partial charge >= 0.3 is 5.97 Å². The molecular formula is C18H28N2O3. The van der Waals surface area contributed by atoms with Gasteiger partial charge in [0.05, 0.1) is 12.2 Å². The standard InChI is InChI=1S/C18H28N2O3/c1-5-13-7-9-14(10-8-13)20-17(21)16-11(3)15(12(4)19-16)18(22)23-6-2/h13-14,19H,5-10H2,1-4H3,(H,20,21). The number of aromatic nitrogens is 1. The second-order valence-electron chi connectivity index (χ2n) is 6.44. The van der Waals surface area contributed by atoms with Gasteiger partial charge in [-0.05, 0) is 57.9 Å². The first-order chi connectivity index (χ1) is 11.0. The summed E-state index contributed by atoms with van der Waals surface area (Å²) in [5.41, 5.74) is 2.30. The van der Waals surface area contributed by atoms with Crippen LogP contribution in [0.4, 0.5) is 0 Å². The Labute approximate surface area is 138 Å². The Bertz CT molecular complexity index is 569. The average molecular weight is 320 g/mol. The van der Waals surface area contributed by atoms with Gasteiger partial charge in [-0.15, -0.1) is 0 Å². The molecule has 0 unspecified atom stereocenters. The van der Waals surface area contributed by atoms with E-state index in [-0.39, 0.29) is 17.9 Å². The number of hydrogen-bond acceptors (Lipinski definition) is 3. The molecule has 1 fully saturated rings. The number of hydrogen-bond donors (Lipinski definition) is 2. The van der Waals surface area contributed by atoms with Gasteiger partial charge in [-0.1, -0.05) is 13.3 Å². The minimum Gasteiger partial charge on any atom is -0.462 e. The molecule has 1 amide bonds. The van der Waals surface area contributed by atoms with Crippen LogP contribution in [0.3, 0.4) is 0 Å². The van der Waals surface area contributed by atoms with Crippen molar-refractivity contribution < 1.29 is 14.3 Å². The smallest absolute Gasteiger partial charge is 0.340 e. The molecule has 0 atom stereocenters. The Hall–Kier alpha value is -1.78. The molecule has 0 spiro atoms. The van der Waals surface area contributed by atoms with Gasteiger partial charge in [-0.2, -0.15) is 0 Å². The van der Waals surface area contributed by atoms with Crippen molar-refractivity contribution in [2.75, 3.05) is 6.61 Å². The summed E-state index contributed by atoms with van der Waals surface area (Å²) in [6, 6.07) is 0.236. The summed E-state index contributed by atoms with van der Waals surface area (Å²) >= 11 is 0. The third kappa shape index (κ3) is 3.95. The first-order valence-electron chi connectivity index (χ1n) is 8.65. The van der Waals surface area contributed by atoms with Gasteiger partial charge in [0, 0.05) is 11.7 Å². The van der Waals surface area contributed by atoms with E-state index in [1.54, 1.807) is 20.8 Å². The fraction of sp³-hybridized carbons (Fsp3) is 0.667. The minimum atomic E-state index is -0.374. The third-order valence-electron chi connectivity index (χ3n) is 4.90. The van der Waals surface area contributed by atoms with Crippen molar-refractivity contribution in [2.24, 2.45) is 5.92 Å². The Morgan fingerprint density at radius 3 is 2.39 bits per heavy atom. The zero-order valence-electron chi connectivity index (χ0n) is 14.6. The maximum Gasteiger partial charge on any atom is 0.340 e. The molecule has 0 aliphatic heterocycles. The van der Waals surface area contributed by atoms with Gasteiger partial charge in [0.2, 0.25) is 0 Å². The minimum absolute atomic E-state index is 0.124. The summed E-state index contributed by atoms with van der Waals surface area (Å²) in [4.78, 5) is 27.6. The fourth-order valence-electron chi connectivity index (χ4n) is 3.46. The molecule has 1 aromatic heterocycles. The van der Waals surface area contributed by atoms with Crippen LogP contribution in [0.2, 0.25) is 0 Å². The van der Waals surface area contributed by atoms with Crippen LogP contribution >= 0.6 is 0 Å². The number of rotatable bonds is 5. The maximum absolute atomic E-state index is 12.5. The molecule has 23 heavy (non-hydrogen) atoms. The van der Waals surface area contributed by atoms with Crippen molar-refractivity contribution in [3.05, 3.63) is 22.5 Å². The van der Waals surface area contributed by atoms with Gasteiger partial charge < -0.3 is 15.0 Å². The summed E-state index contributed by atoms with van der Waals surface area (Å²) < 4.78 is 5.07. The Balaban J connectivity index is 2.06. The first kappa shape index (κ1) is 17.6. The molecule has 5 heteroatoms. The predicted molar refractivity (Wildman–Crippen MR) is 89.7 cm³/mol. The molecule has 1 aliphatic rings. The number of carbonyl (C=O) groups excluding carboxylic acids is 2. The molecule has 2 rings (SSSR count). The molecule has 0 bridgehead atoms. The van der Waals surface area contributed by atoms with Gasteiger partial charge in [0.15, 0.2) is 0 Å². The van der Waals surface area contributed by atoms with E-state index in [1.165, 1.54) is 19.3 Å². The number of nitrogens with one attached hydrogen (secondary N) is 2. The topological polar surface area (TPSA) is 71.2 Å². The summed E-state index contributed by atoms with van der Waals surface area (Å²) in [6.45, 7) is 7.91. The van der Waals surface area contributed by atoms with E-state index in [4.69, 9.17) is 4.74 Å². The molecule has 0 radical (unpaired) electrons. The largest absolute Gasteiger partial charge is 0.462 e. The van der Waals surface area contributed by atoms with E-state index in [1.807, 2.05) is 0 Å².